The molecule has 9 nitrogen and oxygen atoms in total. The van der Waals surface area contributed by atoms with E-state index < -0.39 is 45.2 Å². The molecule has 1 aliphatic rings. The molecule has 2 amide bonds. The van der Waals surface area contributed by atoms with Crippen LogP contribution in [0.2, 0.25) is 0 Å². The third-order valence-electron chi connectivity index (χ3n) is 6.91. The number of ether oxygens (including phenoxy) is 1. The number of aromatic nitrogens is 2. The Morgan fingerprint density at radius 1 is 1.00 bits per heavy atom. The number of anilines is 1. The minimum absolute atomic E-state index is 0.222. The van der Waals surface area contributed by atoms with Gasteiger partial charge in [-0.15, -0.1) is 0 Å². The van der Waals surface area contributed by atoms with Crippen molar-refractivity contribution in [1.29, 1.82) is 0 Å². The van der Waals surface area contributed by atoms with E-state index in [1.807, 2.05) is 22.9 Å². The standard InChI is InChI=1S/C29H26F2N4O5S/c1-18(19-6-4-3-5-7-19)40-28(37)33-26-25(31)17-32-35(26)22-11-8-20(9-12-22)23-13-10-21(16-24(23)30)29(14-15-29)27(36)34-41(2,38)39/h3-13,16-18H,14-15H2,1-2H3,(H,33,37)(H,34,36)/t18-/m1/s1. The topological polar surface area (TPSA) is 119 Å². The first-order valence-corrected chi connectivity index (χ1v) is 14.6. The summed E-state index contributed by atoms with van der Waals surface area (Å²) in [6.07, 6.45) is 1.24. The third kappa shape index (κ3) is 5.97. The molecular formula is C29H26F2N4O5S. The molecule has 0 spiro atoms. The first kappa shape index (κ1) is 28.0. The van der Waals surface area contributed by atoms with Crippen molar-refractivity contribution >= 4 is 27.8 Å². The van der Waals surface area contributed by atoms with Gasteiger partial charge in [0.2, 0.25) is 15.9 Å². The van der Waals surface area contributed by atoms with Crippen molar-refractivity contribution in [3.05, 3.63) is 102 Å². The van der Waals surface area contributed by atoms with Gasteiger partial charge in [-0.25, -0.2) is 26.7 Å². The van der Waals surface area contributed by atoms with E-state index in [9.17, 15) is 22.4 Å². The lowest BCUT2D eigenvalue weighted by Gasteiger charge is -2.16. The second-order valence-electron chi connectivity index (χ2n) is 9.86. The third-order valence-corrected chi connectivity index (χ3v) is 7.46. The normalized spacial score (nSPS) is 14.6. The van der Waals surface area contributed by atoms with E-state index in [4.69, 9.17) is 4.74 Å². The highest BCUT2D eigenvalue weighted by Crippen LogP contribution is 2.49. The van der Waals surface area contributed by atoms with E-state index in [-0.39, 0.29) is 11.4 Å². The Morgan fingerprint density at radius 3 is 2.29 bits per heavy atom. The number of sulfonamides is 1. The first-order chi connectivity index (χ1) is 19.5. The highest BCUT2D eigenvalue weighted by molar-refractivity contribution is 7.89. The van der Waals surface area contributed by atoms with Gasteiger partial charge in [0.15, 0.2) is 11.6 Å². The van der Waals surface area contributed by atoms with Crippen LogP contribution in [0.1, 0.15) is 37.0 Å². The van der Waals surface area contributed by atoms with E-state index in [1.165, 1.54) is 16.8 Å². The zero-order valence-electron chi connectivity index (χ0n) is 22.1. The van der Waals surface area contributed by atoms with Crippen molar-refractivity contribution in [2.24, 2.45) is 0 Å². The molecule has 1 aliphatic carbocycles. The molecule has 0 saturated heterocycles. The average molecular weight is 581 g/mol. The molecule has 0 unspecified atom stereocenters. The van der Waals surface area contributed by atoms with Crippen LogP contribution in [0.4, 0.5) is 19.4 Å². The van der Waals surface area contributed by atoms with Gasteiger partial charge in [0.05, 0.1) is 23.6 Å². The molecule has 2 N–H and O–H groups in total. The number of halogens is 2. The van der Waals surface area contributed by atoms with Gasteiger partial charge in [0, 0.05) is 5.56 Å². The van der Waals surface area contributed by atoms with Gasteiger partial charge in [-0.2, -0.15) is 5.10 Å². The second kappa shape index (κ2) is 10.8. The van der Waals surface area contributed by atoms with Gasteiger partial charge >= 0.3 is 6.09 Å². The Bertz CT molecular complexity index is 1720. The lowest BCUT2D eigenvalue weighted by atomic mass is 9.92. The van der Waals surface area contributed by atoms with E-state index in [1.54, 1.807) is 49.4 Å². The molecule has 0 bridgehead atoms. The molecule has 1 heterocycles. The van der Waals surface area contributed by atoms with Crippen LogP contribution < -0.4 is 10.0 Å². The molecular weight excluding hydrogens is 554 g/mol. The highest BCUT2D eigenvalue weighted by atomic mass is 32.2. The monoisotopic (exact) mass is 580 g/mol. The summed E-state index contributed by atoms with van der Waals surface area (Å²) < 4.78 is 61.2. The maximum absolute atomic E-state index is 15.2. The molecule has 0 radical (unpaired) electrons. The molecule has 3 aromatic carbocycles. The molecule has 41 heavy (non-hydrogen) atoms. The van der Waals surface area contributed by atoms with Gasteiger partial charge < -0.3 is 4.74 Å². The van der Waals surface area contributed by atoms with Crippen molar-refractivity contribution in [3.63, 3.8) is 0 Å². The minimum Gasteiger partial charge on any atom is -0.441 e. The van der Waals surface area contributed by atoms with Crippen LogP contribution >= 0.6 is 0 Å². The number of benzene rings is 3. The largest absolute Gasteiger partial charge is 0.441 e. The molecule has 1 atom stereocenters. The Hall–Kier alpha value is -4.58. The molecule has 1 fully saturated rings. The Labute approximate surface area is 235 Å². The average Bonchev–Trinajstić information content (AvgIpc) is 3.67. The zero-order chi connectivity index (χ0) is 29.4. The van der Waals surface area contributed by atoms with Crippen molar-refractivity contribution in [3.8, 4) is 16.8 Å². The number of hydrogen-bond donors (Lipinski definition) is 2. The van der Waals surface area contributed by atoms with Crippen molar-refractivity contribution < 1.29 is 31.5 Å². The quantitative estimate of drug-likeness (QED) is 0.294. The molecule has 1 saturated carbocycles. The van der Waals surface area contributed by atoms with Gasteiger partial charge in [0.1, 0.15) is 11.9 Å². The van der Waals surface area contributed by atoms with Crippen molar-refractivity contribution in [2.45, 2.75) is 31.3 Å². The number of nitrogens with one attached hydrogen (secondary N) is 2. The second-order valence-corrected chi connectivity index (χ2v) is 11.6. The summed E-state index contributed by atoms with van der Waals surface area (Å²) >= 11 is 0. The predicted molar refractivity (Wildman–Crippen MR) is 148 cm³/mol. The lowest BCUT2D eigenvalue weighted by molar-refractivity contribution is -0.121. The van der Waals surface area contributed by atoms with Crippen LogP contribution in [-0.2, 0) is 25.0 Å². The zero-order valence-corrected chi connectivity index (χ0v) is 22.9. The Morgan fingerprint density at radius 2 is 1.68 bits per heavy atom. The van der Waals surface area contributed by atoms with Gasteiger partial charge in [-0.05, 0) is 54.7 Å². The fourth-order valence-corrected chi connectivity index (χ4v) is 5.11. The number of hydrogen-bond acceptors (Lipinski definition) is 6. The van der Waals surface area contributed by atoms with Gasteiger partial charge in [-0.1, -0.05) is 54.6 Å². The fourth-order valence-electron chi connectivity index (χ4n) is 4.58. The number of carbonyl (C=O) groups is 2. The minimum atomic E-state index is -3.74. The van der Waals surface area contributed by atoms with Crippen LogP contribution in [0.5, 0.6) is 0 Å². The summed E-state index contributed by atoms with van der Waals surface area (Å²) in [7, 11) is -3.74. The number of carbonyl (C=O) groups excluding carboxylic acids is 2. The van der Waals surface area contributed by atoms with E-state index >= 15 is 4.39 Å². The summed E-state index contributed by atoms with van der Waals surface area (Å²) in [5, 5.41) is 6.40. The van der Waals surface area contributed by atoms with E-state index in [0.29, 0.717) is 29.7 Å². The lowest BCUT2D eigenvalue weighted by Crippen LogP contribution is -2.38. The molecule has 12 heteroatoms. The van der Waals surface area contributed by atoms with Crippen LogP contribution in [-0.4, -0.2) is 36.5 Å². The maximum Gasteiger partial charge on any atom is 0.413 e. The molecule has 5 rings (SSSR count). The van der Waals surface area contributed by atoms with Crippen LogP contribution in [0, 0.1) is 11.6 Å². The summed E-state index contributed by atoms with van der Waals surface area (Å²) in [6, 6.07) is 19.8. The van der Waals surface area contributed by atoms with Crippen molar-refractivity contribution in [1.82, 2.24) is 14.5 Å². The summed E-state index contributed by atoms with van der Waals surface area (Å²) in [4.78, 5) is 25.0. The smallest absolute Gasteiger partial charge is 0.413 e. The predicted octanol–water partition coefficient (Wildman–Crippen LogP) is 5.23. The Kier molecular flexibility index (Phi) is 7.35. The maximum atomic E-state index is 15.2. The fraction of sp³-hybridized carbons (Fsp3) is 0.207. The summed E-state index contributed by atoms with van der Waals surface area (Å²) in [5.41, 5.74) is 1.25. The molecule has 0 aliphatic heterocycles. The highest BCUT2D eigenvalue weighted by Gasteiger charge is 2.52. The molecule has 4 aromatic rings. The molecule has 212 valence electrons. The van der Waals surface area contributed by atoms with E-state index in [2.05, 4.69) is 10.4 Å². The van der Waals surface area contributed by atoms with Crippen LogP contribution in [0.25, 0.3) is 16.8 Å². The molecule has 1 aromatic heterocycles. The SMILES string of the molecule is C[C@@H](OC(=O)Nc1c(F)cnn1-c1ccc(-c2ccc(C3(C(=O)NS(C)(=O)=O)CC3)cc2F)cc1)c1ccccc1. The Balaban J connectivity index is 1.32. The van der Waals surface area contributed by atoms with E-state index in [0.717, 1.165) is 18.0 Å². The van der Waals surface area contributed by atoms with Gasteiger partial charge in [0.25, 0.3) is 0 Å². The first-order valence-electron chi connectivity index (χ1n) is 12.7. The number of amides is 2. The van der Waals surface area contributed by atoms with Crippen LogP contribution in [0.15, 0.2) is 79.0 Å². The van der Waals surface area contributed by atoms with Crippen molar-refractivity contribution in [2.75, 3.05) is 11.6 Å². The van der Waals surface area contributed by atoms with Gasteiger partial charge in [-0.3, -0.25) is 14.8 Å². The number of rotatable bonds is 8. The summed E-state index contributed by atoms with van der Waals surface area (Å²) in [5.74, 6) is -2.25. The van der Waals surface area contributed by atoms with Crippen LogP contribution in [0.3, 0.4) is 0 Å². The summed E-state index contributed by atoms with van der Waals surface area (Å²) in [6.45, 7) is 1.70. The number of nitrogens with zero attached hydrogens (tertiary/aromatic N) is 2.